The standard InChI is InChI=1S/C9H10O.CH4/c10-8-4-7-9-5-2-1-3-6-9;/h1-7,10H,8H2;1H4/b7-4+;. The molecule has 0 atom stereocenters. The molecule has 1 aromatic carbocycles. The second kappa shape index (κ2) is 5.69. The molecule has 0 radical (unpaired) electrons. The van der Waals surface area contributed by atoms with Gasteiger partial charge in [-0.25, -0.2) is 0 Å². The first kappa shape index (κ1) is 9.92. The molecule has 0 aliphatic carbocycles. The molecule has 1 rings (SSSR count). The fraction of sp³-hybridized carbons (Fsp3) is 0.200. The zero-order chi connectivity index (χ0) is 7.23. The highest BCUT2D eigenvalue weighted by Gasteiger charge is 1.79. The lowest BCUT2D eigenvalue weighted by Crippen LogP contribution is -1.72. The van der Waals surface area contributed by atoms with Crippen LogP contribution in [0.25, 0.3) is 6.08 Å². The molecule has 0 unspecified atom stereocenters. The molecule has 1 heteroatoms. The molecule has 0 saturated carbocycles. The molecule has 0 aliphatic rings. The van der Waals surface area contributed by atoms with Gasteiger partial charge in [-0.3, -0.25) is 0 Å². The smallest absolute Gasteiger partial charge is 0.0615 e. The molecule has 1 N–H and O–H groups in total. The summed E-state index contributed by atoms with van der Waals surface area (Å²) in [4.78, 5) is 0. The van der Waals surface area contributed by atoms with E-state index in [0.29, 0.717) is 0 Å². The minimum atomic E-state index is 0. The van der Waals surface area contributed by atoms with Crippen molar-refractivity contribution in [2.45, 2.75) is 7.43 Å². The normalized spacial score (nSPS) is 9.55. The Morgan fingerprint density at radius 3 is 2.36 bits per heavy atom. The molecule has 0 heterocycles. The van der Waals surface area contributed by atoms with Crippen LogP contribution in [-0.4, -0.2) is 11.7 Å². The summed E-state index contributed by atoms with van der Waals surface area (Å²) in [6.45, 7) is 0.106. The maximum atomic E-state index is 8.44. The van der Waals surface area contributed by atoms with E-state index < -0.39 is 0 Å². The summed E-state index contributed by atoms with van der Waals surface area (Å²) >= 11 is 0. The predicted molar refractivity (Wildman–Crippen MR) is 49.3 cm³/mol. The number of rotatable bonds is 2. The summed E-state index contributed by atoms with van der Waals surface area (Å²) in [6, 6.07) is 9.89. The number of aliphatic hydroxyl groups excluding tert-OH is 1. The van der Waals surface area contributed by atoms with E-state index >= 15 is 0 Å². The molecule has 1 aromatic rings. The Labute approximate surface area is 68.0 Å². The highest BCUT2D eigenvalue weighted by molar-refractivity contribution is 5.48. The van der Waals surface area contributed by atoms with E-state index in [9.17, 15) is 0 Å². The molecule has 0 fully saturated rings. The first-order valence-corrected chi connectivity index (χ1v) is 3.26. The third-order valence-electron chi connectivity index (χ3n) is 1.22. The molecule has 1 nitrogen and oxygen atoms in total. The quantitative estimate of drug-likeness (QED) is 0.686. The van der Waals surface area contributed by atoms with Gasteiger partial charge in [0.05, 0.1) is 6.61 Å². The zero-order valence-corrected chi connectivity index (χ0v) is 5.70. The van der Waals surface area contributed by atoms with Gasteiger partial charge in [0.1, 0.15) is 0 Å². The Hall–Kier alpha value is -1.08. The van der Waals surface area contributed by atoms with Crippen molar-refractivity contribution in [1.82, 2.24) is 0 Å². The lowest BCUT2D eigenvalue weighted by atomic mass is 10.2. The van der Waals surface area contributed by atoms with Crippen LogP contribution in [0.3, 0.4) is 0 Å². The second-order valence-electron chi connectivity index (χ2n) is 2.00. The van der Waals surface area contributed by atoms with E-state index in [2.05, 4.69) is 0 Å². The van der Waals surface area contributed by atoms with E-state index in [1.54, 1.807) is 6.08 Å². The molecule has 11 heavy (non-hydrogen) atoms. The van der Waals surface area contributed by atoms with Crippen molar-refractivity contribution in [3.8, 4) is 0 Å². The number of hydrogen-bond acceptors (Lipinski definition) is 1. The van der Waals surface area contributed by atoms with Crippen molar-refractivity contribution in [3.05, 3.63) is 42.0 Å². The van der Waals surface area contributed by atoms with Gasteiger partial charge in [0, 0.05) is 0 Å². The predicted octanol–water partition coefficient (Wildman–Crippen LogP) is 2.33. The van der Waals surface area contributed by atoms with Gasteiger partial charge in [0.25, 0.3) is 0 Å². The van der Waals surface area contributed by atoms with Crippen LogP contribution >= 0.6 is 0 Å². The number of hydrogen-bond donors (Lipinski definition) is 1. The molecule has 60 valence electrons. The van der Waals surface area contributed by atoms with E-state index in [4.69, 9.17) is 5.11 Å². The first-order valence-electron chi connectivity index (χ1n) is 3.26. The van der Waals surface area contributed by atoms with Crippen molar-refractivity contribution < 1.29 is 5.11 Å². The fourth-order valence-corrected chi connectivity index (χ4v) is 0.753. The van der Waals surface area contributed by atoms with Crippen molar-refractivity contribution in [3.63, 3.8) is 0 Å². The fourth-order valence-electron chi connectivity index (χ4n) is 0.753. The van der Waals surface area contributed by atoms with Crippen LogP contribution in [0, 0.1) is 0 Å². The summed E-state index contributed by atoms with van der Waals surface area (Å²) in [5.41, 5.74) is 1.12. The maximum Gasteiger partial charge on any atom is 0.0615 e. The van der Waals surface area contributed by atoms with Gasteiger partial charge in [-0.2, -0.15) is 0 Å². The summed E-state index contributed by atoms with van der Waals surface area (Å²) < 4.78 is 0. The summed E-state index contributed by atoms with van der Waals surface area (Å²) in [6.07, 6.45) is 3.61. The van der Waals surface area contributed by atoms with Gasteiger partial charge in [-0.05, 0) is 5.56 Å². The lowest BCUT2D eigenvalue weighted by Gasteiger charge is -1.88. The molecule has 0 bridgehead atoms. The van der Waals surface area contributed by atoms with E-state index in [1.165, 1.54) is 0 Å². The van der Waals surface area contributed by atoms with Crippen molar-refractivity contribution in [1.29, 1.82) is 0 Å². The van der Waals surface area contributed by atoms with Gasteiger partial charge in [0.2, 0.25) is 0 Å². The molecule has 0 aliphatic heterocycles. The van der Waals surface area contributed by atoms with Gasteiger partial charge in [-0.15, -0.1) is 0 Å². The van der Waals surface area contributed by atoms with Crippen molar-refractivity contribution in [2.24, 2.45) is 0 Å². The summed E-state index contributed by atoms with van der Waals surface area (Å²) in [5, 5.41) is 8.44. The largest absolute Gasteiger partial charge is 0.392 e. The van der Waals surface area contributed by atoms with Crippen LogP contribution < -0.4 is 0 Å². The third kappa shape index (κ3) is 3.58. The van der Waals surface area contributed by atoms with Crippen LogP contribution in [0.4, 0.5) is 0 Å². The Bertz CT molecular complexity index is 201. The Morgan fingerprint density at radius 1 is 1.18 bits per heavy atom. The maximum absolute atomic E-state index is 8.44. The van der Waals surface area contributed by atoms with Crippen molar-refractivity contribution in [2.75, 3.05) is 6.61 Å². The Balaban J connectivity index is 0.000001000. The van der Waals surface area contributed by atoms with Gasteiger partial charge in [0.15, 0.2) is 0 Å². The molecular formula is C10H14O. The van der Waals surface area contributed by atoms with Crippen LogP contribution in [-0.2, 0) is 0 Å². The van der Waals surface area contributed by atoms with E-state index in [0.717, 1.165) is 5.56 Å². The van der Waals surface area contributed by atoms with Crippen LogP contribution in [0.5, 0.6) is 0 Å². The second-order valence-corrected chi connectivity index (χ2v) is 2.00. The van der Waals surface area contributed by atoms with E-state index in [-0.39, 0.29) is 14.0 Å². The highest BCUT2D eigenvalue weighted by Crippen LogP contribution is 1.99. The van der Waals surface area contributed by atoms with Crippen LogP contribution in [0.15, 0.2) is 36.4 Å². The van der Waals surface area contributed by atoms with Crippen molar-refractivity contribution >= 4 is 6.08 Å². The minimum Gasteiger partial charge on any atom is -0.392 e. The Morgan fingerprint density at radius 2 is 1.82 bits per heavy atom. The zero-order valence-electron chi connectivity index (χ0n) is 5.70. The number of aliphatic hydroxyl groups is 1. The topological polar surface area (TPSA) is 20.2 Å². The van der Waals surface area contributed by atoms with Crippen LogP contribution in [0.1, 0.15) is 13.0 Å². The van der Waals surface area contributed by atoms with E-state index in [1.807, 2.05) is 36.4 Å². The van der Waals surface area contributed by atoms with Crippen LogP contribution in [0.2, 0.25) is 0 Å². The monoisotopic (exact) mass is 150 g/mol. The van der Waals surface area contributed by atoms with Gasteiger partial charge >= 0.3 is 0 Å². The molecular weight excluding hydrogens is 136 g/mol. The average Bonchev–Trinajstić information content (AvgIpc) is 2.03. The molecule has 0 aromatic heterocycles. The van der Waals surface area contributed by atoms with Gasteiger partial charge < -0.3 is 5.11 Å². The first-order chi connectivity index (χ1) is 4.93. The minimum absolute atomic E-state index is 0. The third-order valence-corrected chi connectivity index (χ3v) is 1.22. The van der Waals surface area contributed by atoms with Gasteiger partial charge in [-0.1, -0.05) is 49.9 Å². The molecule has 0 saturated heterocycles. The molecule has 0 spiro atoms. The average molecular weight is 150 g/mol. The SMILES string of the molecule is C.OC/C=C/c1ccccc1. The summed E-state index contributed by atoms with van der Waals surface area (Å²) in [7, 11) is 0. The Kier molecular flexibility index (Phi) is 5.13. The summed E-state index contributed by atoms with van der Waals surface area (Å²) in [5.74, 6) is 0. The highest BCUT2D eigenvalue weighted by atomic mass is 16.2. The lowest BCUT2D eigenvalue weighted by molar-refractivity contribution is 0.343. The molecule has 0 amide bonds. The number of benzene rings is 1.